The van der Waals surface area contributed by atoms with Crippen LogP contribution in [0.2, 0.25) is 0 Å². The van der Waals surface area contributed by atoms with Crippen molar-refractivity contribution in [1.82, 2.24) is 14.9 Å². The lowest BCUT2D eigenvalue weighted by molar-refractivity contribution is -0.385. The molecule has 0 bridgehead atoms. The Morgan fingerprint density at radius 1 is 1.31 bits per heavy atom. The lowest BCUT2D eigenvalue weighted by atomic mass is 10.1. The van der Waals surface area contributed by atoms with Crippen LogP contribution < -0.4 is 9.47 Å². The second-order valence-corrected chi connectivity index (χ2v) is 5.86. The molecule has 1 unspecified atom stereocenters. The molecular weight excluding hydrogens is 340 g/mol. The molecule has 9 heteroatoms. The Bertz CT molecular complexity index is 842. The minimum Gasteiger partial charge on any atom is -0.477 e. The van der Waals surface area contributed by atoms with Crippen molar-refractivity contribution >= 4 is 11.6 Å². The Balaban J connectivity index is 1.72. The fourth-order valence-electron chi connectivity index (χ4n) is 2.92. The maximum Gasteiger partial charge on any atom is 0.278 e. The van der Waals surface area contributed by atoms with Crippen molar-refractivity contribution in [2.24, 2.45) is 0 Å². The van der Waals surface area contributed by atoms with E-state index in [9.17, 15) is 14.9 Å². The van der Waals surface area contributed by atoms with Crippen molar-refractivity contribution in [1.29, 1.82) is 0 Å². The minimum absolute atomic E-state index is 0.0628. The van der Waals surface area contributed by atoms with Crippen LogP contribution in [0.1, 0.15) is 22.3 Å². The summed E-state index contributed by atoms with van der Waals surface area (Å²) < 4.78 is 10.9. The summed E-state index contributed by atoms with van der Waals surface area (Å²) in [5.41, 5.74) is 0.631. The molecule has 1 atom stereocenters. The first-order valence-corrected chi connectivity index (χ1v) is 8.06. The number of ether oxygens (including phenoxy) is 2. The third-order valence-electron chi connectivity index (χ3n) is 4.27. The zero-order valence-corrected chi connectivity index (χ0v) is 14.4. The Hall–Kier alpha value is -3.23. The van der Waals surface area contributed by atoms with E-state index in [0.29, 0.717) is 30.6 Å². The van der Waals surface area contributed by atoms with Crippen molar-refractivity contribution in [2.75, 3.05) is 20.2 Å². The predicted octanol–water partition coefficient (Wildman–Crippen LogP) is 2.00. The summed E-state index contributed by atoms with van der Waals surface area (Å²) in [6.07, 6.45) is 3.38. The van der Waals surface area contributed by atoms with Gasteiger partial charge in [0.25, 0.3) is 23.4 Å². The summed E-state index contributed by atoms with van der Waals surface area (Å²) in [4.78, 5) is 33.1. The highest BCUT2D eigenvalue weighted by molar-refractivity contribution is 5.96. The summed E-state index contributed by atoms with van der Waals surface area (Å²) in [5.74, 6) is 0.316. The van der Waals surface area contributed by atoms with E-state index in [4.69, 9.17) is 9.47 Å². The van der Waals surface area contributed by atoms with Crippen molar-refractivity contribution in [3.63, 3.8) is 0 Å². The van der Waals surface area contributed by atoms with E-state index < -0.39 is 4.92 Å². The van der Waals surface area contributed by atoms with Gasteiger partial charge in [-0.15, -0.1) is 0 Å². The summed E-state index contributed by atoms with van der Waals surface area (Å²) in [6.45, 7) is 2.44. The van der Waals surface area contributed by atoms with Crippen LogP contribution in [0.15, 0.2) is 30.6 Å². The van der Waals surface area contributed by atoms with Crippen LogP contribution in [0.3, 0.4) is 0 Å². The van der Waals surface area contributed by atoms with Crippen LogP contribution >= 0.6 is 0 Å². The first-order valence-electron chi connectivity index (χ1n) is 8.06. The van der Waals surface area contributed by atoms with E-state index in [-0.39, 0.29) is 29.5 Å². The first kappa shape index (κ1) is 17.6. The van der Waals surface area contributed by atoms with Crippen LogP contribution in [0.5, 0.6) is 11.8 Å². The van der Waals surface area contributed by atoms with E-state index in [1.54, 1.807) is 17.9 Å². The van der Waals surface area contributed by atoms with Crippen LogP contribution in [0, 0.1) is 17.0 Å². The molecule has 3 rings (SSSR count). The van der Waals surface area contributed by atoms with E-state index in [0.717, 1.165) is 0 Å². The number of aromatic nitrogens is 2. The Morgan fingerprint density at radius 2 is 2.04 bits per heavy atom. The number of hydrogen-bond donors (Lipinski definition) is 0. The van der Waals surface area contributed by atoms with E-state index in [1.165, 1.54) is 31.6 Å². The average molecular weight is 358 g/mol. The second kappa shape index (κ2) is 7.34. The molecule has 0 aliphatic carbocycles. The number of carbonyl (C=O) groups excluding carboxylic acids is 1. The average Bonchev–Trinajstić information content (AvgIpc) is 3.10. The zero-order chi connectivity index (χ0) is 18.7. The van der Waals surface area contributed by atoms with Gasteiger partial charge in [0.15, 0.2) is 0 Å². The number of hydrogen-bond acceptors (Lipinski definition) is 7. The zero-order valence-electron chi connectivity index (χ0n) is 14.4. The Morgan fingerprint density at radius 3 is 2.73 bits per heavy atom. The molecule has 1 aromatic heterocycles. The van der Waals surface area contributed by atoms with Gasteiger partial charge >= 0.3 is 0 Å². The van der Waals surface area contributed by atoms with Gasteiger partial charge in [-0.25, -0.2) is 9.97 Å². The third-order valence-corrected chi connectivity index (χ3v) is 4.27. The van der Waals surface area contributed by atoms with Crippen LogP contribution in [0.25, 0.3) is 0 Å². The van der Waals surface area contributed by atoms with Crippen molar-refractivity contribution < 1.29 is 19.2 Å². The fraction of sp³-hybridized carbons (Fsp3) is 0.353. The van der Waals surface area contributed by atoms with Crippen LogP contribution in [-0.4, -0.2) is 52.0 Å². The highest BCUT2D eigenvalue weighted by Gasteiger charge is 2.31. The molecule has 1 aliphatic heterocycles. The number of methoxy groups -OCH3 is 1. The van der Waals surface area contributed by atoms with E-state index in [1.807, 2.05) is 0 Å². The molecule has 1 aromatic carbocycles. The smallest absolute Gasteiger partial charge is 0.278 e. The summed E-state index contributed by atoms with van der Waals surface area (Å²) in [6, 6.07) is 4.51. The van der Waals surface area contributed by atoms with Gasteiger partial charge in [0.05, 0.1) is 18.6 Å². The topological polar surface area (TPSA) is 108 Å². The molecule has 2 heterocycles. The molecular formula is C17H18N4O5. The molecule has 1 fully saturated rings. The van der Waals surface area contributed by atoms with Gasteiger partial charge in [0.2, 0.25) is 0 Å². The SMILES string of the molecule is COc1nccnc1OC1CCN(C(=O)c2cccc([N+](=O)[O-])c2C)C1. The molecule has 0 N–H and O–H groups in total. The predicted molar refractivity (Wildman–Crippen MR) is 91.4 cm³/mol. The summed E-state index contributed by atoms with van der Waals surface area (Å²) >= 11 is 0. The van der Waals surface area contributed by atoms with Crippen LogP contribution in [0.4, 0.5) is 5.69 Å². The van der Waals surface area contributed by atoms with Gasteiger partial charge in [-0.3, -0.25) is 14.9 Å². The highest BCUT2D eigenvalue weighted by Crippen LogP contribution is 2.26. The lowest BCUT2D eigenvalue weighted by Crippen LogP contribution is -2.31. The summed E-state index contributed by atoms with van der Waals surface area (Å²) in [7, 11) is 1.48. The number of nitrogens with zero attached hydrogens (tertiary/aromatic N) is 4. The van der Waals surface area contributed by atoms with Gasteiger partial charge in [-0.2, -0.15) is 0 Å². The van der Waals surface area contributed by atoms with E-state index >= 15 is 0 Å². The maximum absolute atomic E-state index is 12.8. The number of carbonyl (C=O) groups is 1. The summed E-state index contributed by atoms with van der Waals surface area (Å²) in [5, 5.41) is 11.1. The van der Waals surface area contributed by atoms with Gasteiger partial charge < -0.3 is 14.4 Å². The highest BCUT2D eigenvalue weighted by atomic mass is 16.6. The number of nitro benzene ring substituents is 1. The standard InChI is InChI=1S/C17H18N4O5/c1-11-13(4-3-5-14(11)21(23)24)17(22)20-9-6-12(10-20)26-16-15(25-2)18-7-8-19-16/h3-5,7-8,12H,6,9-10H2,1-2H3. The number of amides is 1. The molecule has 0 spiro atoms. The molecule has 1 saturated heterocycles. The van der Waals surface area contributed by atoms with E-state index in [2.05, 4.69) is 9.97 Å². The number of benzene rings is 1. The molecule has 0 radical (unpaired) electrons. The molecule has 1 amide bonds. The Labute approximate surface area is 149 Å². The lowest BCUT2D eigenvalue weighted by Gasteiger charge is -2.18. The third kappa shape index (κ3) is 3.41. The van der Waals surface area contributed by atoms with Crippen LogP contribution in [-0.2, 0) is 0 Å². The minimum atomic E-state index is -0.484. The van der Waals surface area contributed by atoms with Crippen molar-refractivity contribution in [3.05, 3.63) is 51.8 Å². The van der Waals surface area contributed by atoms with Crippen molar-refractivity contribution in [3.8, 4) is 11.8 Å². The van der Waals surface area contributed by atoms with Gasteiger partial charge in [0.1, 0.15) is 6.10 Å². The molecule has 0 saturated carbocycles. The molecule has 26 heavy (non-hydrogen) atoms. The van der Waals surface area contributed by atoms with Gasteiger partial charge in [-0.1, -0.05) is 6.07 Å². The molecule has 2 aromatic rings. The molecule has 1 aliphatic rings. The quantitative estimate of drug-likeness (QED) is 0.594. The maximum atomic E-state index is 12.8. The first-order chi connectivity index (χ1) is 12.5. The normalized spacial score (nSPS) is 16.4. The number of rotatable bonds is 5. The largest absolute Gasteiger partial charge is 0.477 e. The molecule has 136 valence electrons. The van der Waals surface area contributed by atoms with Gasteiger partial charge in [-0.05, 0) is 13.0 Å². The fourth-order valence-corrected chi connectivity index (χ4v) is 2.92. The Kier molecular flexibility index (Phi) is 4.97. The van der Waals surface area contributed by atoms with Crippen molar-refractivity contribution in [2.45, 2.75) is 19.4 Å². The molecule has 9 nitrogen and oxygen atoms in total. The monoisotopic (exact) mass is 358 g/mol. The van der Waals surface area contributed by atoms with Gasteiger partial charge in [0, 0.05) is 42.6 Å². The second-order valence-electron chi connectivity index (χ2n) is 5.86. The number of nitro groups is 1. The number of likely N-dealkylation sites (tertiary alicyclic amines) is 1.